The molecule has 0 unspecified atom stereocenters. The zero-order chi connectivity index (χ0) is 13.5. The summed E-state index contributed by atoms with van der Waals surface area (Å²) in [7, 11) is 0. The molecule has 0 heterocycles. The molecular weight excluding hydrogens is 313 g/mol. The largest absolute Gasteiger partial charge is 0.505 e. The molecule has 0 atom stereocenters. The van der Waals surface area contributed by atoms with Crippen molar-refractivity contribution < 1.29 is 5.11 Å². The second kappa shape index (κ2) is 9.03. The van der Waals surface area contributed by atoms with Gasteiger partial charge in [0.1, 0.15) is 10.0 Å². The van der Waals surface area contributed by atoms with Crippen LogP contribution in [0.1, 0.15) is 0 Å². The number of phenols is 1. The fourth-order valence-electron chi connectivity index (χ4n) is 0.593. The van der Waals surface area contributed by atoms with Crippen LogP contribution >= 0.6 is 58.0 Å². The zero-order valence-corrected chi connectivity index (χ0v) is 11.9. The monoisotopic (exact) mass is 320 g/mol. The van der Waals surface area contributed by atoms with E-state index in [1.54, 1.807) is 0 Å². The molecule has 0 bridgehead atoms. The standard InChI is InChI=1S/C6HCl5O.2C2H4/c7-1-2(8)4(10)6(12)5(11)3(1)9;2*1-2/h12H;2*1-2H2. The topological polar surface area (TPSA) is 20.2 Å². The van der Waals surface area contributed by atoms with Gasteiger partial charge in [0.15, 0.2) is 5.75 Å². The Bertz CT molecular complexity index is 258. The number of hydrogen-bond acceptors (Lipinski definition) is 1. The first-order chi connectivity index (χ1) is 7.46. The minimum Gasteiger partial charge on any atom is -0.505 e. The van der Waals surface area contributed by atoms with Crippen LogP contribution in [0, 0.1) is 0 Å². The minimum absolute atomic E-state index is 0.00904. The van der Waals surface area contributed by atoms with Crippen molar-refractivity contribution in [2.75, 3.05) is 0 Å². The first-order valence-corrected chi connectivity index (χ1v) is 5.56. The molecule has 0 fully saturated rings. The van der Waals surface area contributed by atoms with Gasteiger partial charge in [-0.25, -0.2) is 0 Å². The van der Waals surface area contributed by atoms with Gasteiger partial charge in [0.2, 0.25) is 0 Å². The summed E-state index contributed by atoms with van der Waals surface area (Å²) in [5, 5.41) is 9.01. The van der Waals surface area contributed by atoms with Gasteiger partial charge in [0.05, 0.1) is 15.1 Å². The van der Waals surface area contributed by atoms with E-state index in [9.17, 15) is 5.11 Å². The van der Waals surface area contributed by atoms with Gasteiger partial charge in [-0.15, -0.1) is 26.3 Å². The Morgan fingerprint density at radius 3 is 1.00 bits per heavy atom. The third-order valence-corrected chi connectivity index (χ3v) is 3.44. The molecule has 0 aliphatic rings. The fraction of sp³-hybridized carbons (Fsp3) is 0. The number of rotatable bonds is 0. The third-order valence-electron chi connectivity index (χ3n) is 1.19. The van der Waals surface area contributed by atoms with Crippen LogP contribution in [0.5, 0.6) is 5.75 Å². The highest BCUT2D eigenvalue weighted by Crippen LogP contribution is 2.47. The molecule has 90 valence electrons. The molecule has 0 saturated heterocycles. The van der Waals surface area contributed by atoms with Crippen molar-refractivity contribution in [3.63, 3.8) is 0 Å². The molecule has 1 N–H and O–H groups in total. The molecule has 6 heteroatoms. The summed E-state index contributed by atoms with van der Waals surface area (Å²) in [6.45, 7) is 12.0. The van der Waals surface area contributed by atoms with Crippen molar-refractivity contribution in [3.05, 3.63) is 51.4 Å². The highest BCUT2D eigenvalue weighted by molar-refractivity contribution is 6.55. The van der Waals surface area contributed by atoms with E-state index in [1.165, 1.54) is 0 Å². The average molecular weight is 322 g/mol. The van der Waals surface area contributed by atoms with Gasteiger partial charge in [-0.1, -0.05) is 58.0 Å². The summed E-state index contributed by atoms with van der Waals surface area (Å²) in [4.78, 5) is 0. The Labute approximate surface area is 120 Å². The summed E-state index contributed by atoms with van der Waals surface area (Å²) in [5.41, 5.74) is 0. The molecule has 16 heavy (non-hydrogen) atoms. The number of halogens is 5. The molecule has 0 aliphatic heterocycles. The van der Waals surface area contributed by atoms with E-state index in [4.69, 9.17) is 58.0 Å². The lowest BCUT2D eigenvalue weighted by Gasteiger charge is -2.06. The lowest BCUT2D eigenvalue weighted by atomic mass is 10.3. The van der Waals surface area contributed by atoms with E-state index in [1.807, 2.05) is 0 Å². The molecule has 0 radical (unpaired) electrons. The fourth-order valence-corrected chi connectivity index (χ4v) is 1.72. The van der Waals surface area contributed by atoms with Crippen LogP contribution in [0.4, 0.5) is 0 Å². The zero-order valence-electron chi connectivity index (χ0n) is 8.17. The maximum Gasteiger partial charge on any atom is 0.155 e. The molecule has 0 amide bonds. The summed E-state index contributed by atoms with van der Waals surface area (Å²) in [5.74, 6) is -0.363. The number of hydrogen-bond donors (Lipinski definition) is 1. The quantitative estimate of drug-likeness (QED) is 0.339. The van der Waals surface area contributed by atoms with Gasteiger partial charge in [-0.05, 0) is 0 Å². The van der Waals surface area contributed by atoms with Gasteiger partial charge in [0.25, 0.3) is 0 Å². The lowest BCUT2D eigenvalue weighted by Crippen LogP contribution is -1.78. The molecule has 0 aliphatic carbocycles. The molecule has 1 aromatic rings. The van der Waals surface area contributed by atoms with Crippen molar-refractivity contribution >= 4 is 58.0 Å². The molecule has 1 aromatic carbocycles. The van der Waals surface area contributed by atoms with Crippen LogP contribution in [0.3, 0.4) is 0 Å². The van der Waals surface area contributed by atoms with Crippen LogP contribution in [0.25, 0.3) is 0 Å². The van der Waals surface area contributed by atoms with Crippen molar-refractivity contribution in [1.29, 1.82) is 0 Å². The molecular formula is C10H9Cl5O. The van der Waals surface area contributed by atoms with E-state index in [-0.39, 0.29) is 30.9 Å². The molecule has 0 spiro atoms. The predicted molar refractivity (Wildman–Crippen MR) is 75.7 cm³/mol. The van der Waals surface area contributed by atoms with Gasteiger partial charge in [0, 0.05) is 0 Å². The number of aromatic hydroxyl groups is 1. The first kappa shape index (κ1) is 18.3. The van der Waals surface area contributed by atoms with Gasteiger partial charge in [-0.3, -0.25) is 0 Å². The van der Waals surface area contributed by atoms with Crippen LogP contribution in [0.15, 0.2) is 26.3 Å². The van der Waals surface area contributed by atoms with Crippen LogP contribution < -0.4 is 0 Å². The maximum absolute atomic E-state index is 9.20. The summed E-state index contributed by atoms with van der Waals surface area (Å²) < 4.78 is 0. The van der Waals surface area contributed by atoms with E-state index < -0.39 is 0 Å². The number of phenolic OH excluding ortho intramolecular Hbond substituents is 1. The second-order valence-corrected chi connectivity index (χ2v) is 3.81. The Morgan fingerprint density at radius 2 is 0.750 bits per heavy atom. The lowest BCUT2D eigenvalue weighted by molar-refractivity contribution is 0.476. The SMILES string of the molecule is C=C.C=C.Oc1c(Cl)c(Cl)c(Cl)c(Cl)c1Cl. The molecule has 1 rings (SSSR count). The molecule has 0 aromatic heterocycles. The van der Waals surface area contributed by atoms with Crippen LogP contribution in [-0.4, -0.2) is 5.11 Å². The maximum atomic E-state index is 9.20. The molecule has 1 nitrogen and oxygen atoms in total. The van der Waals surface area contributed by atoms with Gasteiger partial charge < -0.3 is 5.11 Å². The van der Waals surface area contributed by atoms with Crippen molar-refractivity contribution in [2.24, 2.45) is 0 Å². The van der Waals surface area contributed by atoms with Gasteiger partial charge in [-0.2, -0.15) is 0 Å². The summed E-state index contributed by atoms with van der Waals surface area (Å²) in [6, 6.07) is 0. The summed E-state index contributed by atoms with van der Waals surface area (Å²) >= 11 is 27.9. The van der Waals surface area contributed by atoms with E-state index in [0.29, 0.717) is 0 Å². The Morgan fingerprint density at radius 1 is 0.562 bits per heavy atom. The normalized spacial score (nSPS) is 8.31. The first-order valence-electron chi connectivity index (χ1n) is 3.67. The highest BCUT2D eigenvalue weighted by atomic mass is 35.5. The third kappa shape index (κ3) is 4.08. The Kier molecular flexibility index (Phi) is 10.3. The van der Waals surface area contributed by atoms with Crippen LogP contribution in [-0.2, 0) is 0 Å². The van der Waals surface area contributed by atoms with Crippen molar-refractivity contribution in [1.82, 2.24) is 0 Å². The van der Waals surface area contributed by atoms with Crippen molar-refractivity contribution in [3.8, 4) is 5.75 Å². The molecule has 0 saturated carbocycles. The number of benzene rings is 1. The Balaban J connectivity index is 0. The van der Waals surface area contributed by atoms with Gasteiger partial charge >= 0.3 is 0 Å². The predicted octanol–water partition coefficient (Wildman–Crippen LogP) is 6.26. The average Bonchev–Trinajstić information content (AvgIpc) is 2.36. The van der Waals surface area contributed by atoms with Crippen molar-refractivity contribution in [2.45, 2.75) is 0 Å². The minimum atomic E-state index is -0.363. The highest BCUT2D eigenvalue weighted by Gasteiger charge is 2.17. The second-order valence-electron chi connectivity index (χ2n) is 1.92. The van der Waals surface area contributed by atoms with E-state index >= 15 is 0 Å². The van der Waals surface area contributed by atoms with E-state index in [2.05, 4.69) is 26.3 Å². The van der Waals surface area contributed by atoms with Crippen LogP contribution in [0.2, 0.25) is 25.1 Å². The smallest absolute Gasteiger partial charge is 0.155 e. The van der Waals surface area contributed by atoms with E-state index in [0.717, 1.165) is 0 Å². The summed E-state index contributed by atoms with van der Waals surface area (Å²) in [6.07, 6.45) is 0. The Hall–Kier alpha value is -0.0500.